The highest BCUT2D eigenvalue weighted by Gasteiger charge is 2.32. The summed E-state index contributed by atoms with van der Waals surface area (Å²) in [5.74, 6) is -4.07. The van der Waals surface area contributed by atoms with Gasteiger partial charge in [0.1, 0.15) is 77.9 Å². The third kappa shape index (κ3) is 20.7. The van der Waals surface area contributed by atoms with Gasteiger partial charge in [-0.15, -0.1) is 0 Å². The Balaban J connectivity index is 0.000000566. The molecule has 0 fully saturated rings. The standard InChI is InChI=1S/C25H22O10.C7H6O3.C6H14O6.C5H12O5/c26-13-21(34-24(31)16-3-9-19(28)10-4-16)22(35-25(32)17-5-11-20(29)12-6-17)14-33-23(30)15-1-7-18(27)8-2-15;8-6-4-2-1-3-5(6)7(9)10;7-1-3(9)5(11)6(12)4(10)2-8;6-1-3(8)5(10)4(9)2-7/h1-12,21-22,26-29H,13-14H2;1-4,8H,(H,9,10);3-12H,1-2H2;3-10H,1-2H2. The van der Waals surface area contributed by atoms with E-state index in [4.69, 9.17) is 80.6 Å². The number of carboxylic acids is 1. The van der Waals surface area contributed by atoms with Gasteiger partial charge in [-0.2, -0.15) is 0 Å². The quantitative estimate of drug-likeness (QED) is 0.0328. The van der Waals surface area contributed by atoms with E-state index in [2.05, 4.69) is 0 Å². The van der Waals surface area contributed by atoms with Crippen molar-refractivity contribution in [3.05, 3.63) is 119 Å². The molecule has 67 heavy (non-hydrogen) atoms. The van der Waals surface area contributed by atoms with Crippen molar-refractivity contribution >= 4 is 23.9 Å². The van der Waals surface area contributed by atoms with Crippen LogP contribution in [0.5, 0.6) is 23.0 Å². The van der Waals surface area contributed by atoms with Crippen LogP contribution in [0.1, 0.15) is 41.4 Å². The molecule has 4 rings (SSSR count). The van der Waals surface area contributed by atoms with Crippen molar-refractivity contribution < 1.29 is 120 Å². The second kappa shape index (κ2) is 30.6. The molecule has 370 valence electrons. The molecule has 0 amide bonds. The normalized spacial score (nSPS) is 14.6. The molecule has 0 bridgehead atoms. The lowest BCUT2D eigenvalue weighted by molar-refractivity contribution is -0.123. The number of esters is 3. The number of hydrogen-bond donors (Lipinski definition) is 17. The first-order chi connectivity index (χ1) is 31.6. The van der Waals surface area contributed by atoms with Crippen LogP contribution in [0.4, 0.5) is 0 Å². The van der Waals surface area contributed by atoms with Gasteiger partial charge in [0.25, 0.3) is 0 Å². The van der Waals surface area contributed by atoms with Crippen LogP contribution in [-0.2, 0) is 14.2 Å². The molecular weight excluding hydrogens is 900 g/mol. The van der Waals surface area contributed by atoms with Gasteiger partial charge in [0.05, 0.1) is 49.7 Å². The first-order valence-electron chi connectivity index (χ1n) is 19.4. The highest BCUT2D eigenvalue weighted by molar-refractivity contribution is 5.91. The van der Waals surface area contributed by atoms with Crippen LogP contribution in [0.2, 0.25) is 0 Å². The van der Waals surface area contributed by atoms with Crippen LogP contribution < -0.4 is 0 Å². The summed E-state index contributed by atoms with van der Waals surface area (Å²) in [5, 5.41) is 150. The number of hydrogen-bond acceptors (Lipinski definition) is 23. The van der Waals surface area contributed by atoms with Crippen molar-refractivity contribution in [1.82, 2.24) is 0 Å². The van der Waals surface area contributed by atoms with E-state index in [1.807, 2.05) is 0 Å². The lowest BCUT2D eigenvalue weighted by Gasteiger charge is -2.25. The molecular formula is C43H54O24. The summed E-state index contributed by atoms with van der Waals surface area (Å²) < 4.78 is 15.9. The fourth-order valence-electron chi connectivity index (χ4n) is 4.69. The molecule has 0 aliphatic rings. The zero-order valence-electron chi connectivity index (χ0n) is 35.1. The molecule has 0 aliphatic heterocycles. The molecule has 8 atom stereocenters. The minimum Gasteiger partial charge on any atom is -0.508 e. The van der Waals surface area contributed by atoms with Gasteiger partial charge in [-0.05, 0) is 84.9 Å². The van der Waals surface area contributed by atoms with Gasteiger partial charge in [0.2, 0.25) is 0 Å². The van der Waals surface area contributed by atoms with Crippen LogP contribution in [0.25, 0.3) is 0 Å². The van der Waals surface area contributed by atoms with Crippen molar-refractivity contribution in [3.63, 3.8) is 0 Å². The van der Waals surface area contributed by atoms with Crippen molar-refractivity contribution in [2.24, 2.45) is 0 Å². The van der Waals surface area contributed by atoms with Gasteiger partial charge in [-0.1, -0.05) is 12.1 Å². The summed E-state index contributed by atoms with van der Waals surface area (Å²) in [6.07, 6.45) is -13.5. The topological polar surface area (TPSA) is 440 Å². The molecule has 4 aromatic carbocycles. The first kappa shape index (κ1) is 58.5. The number of ether oxygens (including phenoxy) is 3. The van der Waals surface area contributed by atoms with Crippen LogP contribution >= 0.6 is 0 Å². The predicted molar refractivity (Wildman–Crippen MR) is 226 cm³/mol. The fourth-order valence-corrected chi connectivity index (χ4v) is 4.69. The Morgan fingerprint density at radius 1 is 0.418 bits per heavy atom. The second-order valence-corrected chi connectivity index (χ2v) is 13.6. The number of rotatable bonds is 19. The van der Waals surface area contributed by atoms with Crippen LogP contribution in [0, 0.1) is 0 Å². The van der Waals surface area contributed by atoms with E-state index >= 15 is 0 Å². The van der Waals surface area contributed by atoms with Crippen molar-refractivity contribution in [2.45, 2.75) is 54.9 Å². The Morgan fingerprint density at radius 3 is 1.06 bits per heavy atom. The van der Waals surface area contributed by atoms with Gasteiger partial charge in [0.15, 0.2) is 12.2 Å². The zero-order chi connectivity index (χ0) is 50.8. The van der Waals surface area contributed by atoms with E-state index in [0.717, 1.165) is 0 Å². The SMILES string of the molecule is O=C(O)c1ccccc1O.O=C(OCC(OC(=O)c1ccc(O)cc1)C(CO)OC(=O)c1ccc(O)cc1)c1ccc(O)cc1.OCC(O)C(O)C(O)C(O)CO.OCC(O)C(O)C(O)CO. The Kier molecular flexibility index (Phi) is 26.8. The lowest BCUT2D eigenvalue weighted by Crippen LogP contribution is -2.46. The molecule has 24 nitrogen and oxygen atoms in total. The molecule has 4 aromatic rings. The van der Waals surface area contributed by atoms with E-state index in [9.17, 15) is 39.6 Å². The number of phenols is 4. The van der Waals surface area contributed by atoms with Crippen molar-refractivity contribution in [2.75, 3.05) is 39.6 Å². The van der Waals surface area contributed by atoms with Gasteiger partial charge in [-0.3, -0.25) is 0 Å². The Hall–Kier alpha value is -6.52. The van der Waals surface area contributed by atoms with Crippen molar-refractivity contribution in [3.8, 4) is 23.0 Å². The molecule has 8 unspecified atom stereocenters. The third-order valence-corrected chi connectivity index (χ3v) is 8.61. The number of carbonyl (C=O) groups excluding carboxylic acids is 3. The molecule has 0 heterocycles. The molecule has 0 spiro atoms. The maximum absolute atomic E-state index is 12.6. The number of para-hydroxylation sites is 1. The largest absolute Gasteiger partial charge is 0.508 e. The van der Waals surface area contributed by atoms with Crippen LogP contribution in [0.15, 0.2) is 97.1 Å². The highest BCUT2D eigenvalue weighted by atomic mass is 16.6. The van der Waals surface area contributed by atoms with Crippen molar-refractivity contribution in [1.29, 1.82) is 0 Å². The highest BCUT2D eigenvalue weighted by Crippen LogP contribution is 2.18. The first-order valence-corrected chi connectivity index (χ1v) is 19.4. The molecule has 0 saturated heterocycles. The monoisotopic (exact) mass is 954 g/mol. The van der Waals surface area contributed by atoms with Gasteiger partial charge in [0, 0.05) is 0 Å². The number of aliphatic hydroxyl groups is 12. The van der Waals surface area contributed by atoms with Gasteiger partial charge < -0.3 is 101 Å². The smallest absolute Gasteiger partial charge is 0.339 e. The molecule has 0 saturated carbocycles. The number of carboxylic acid groups (broad SMARTS) is 1. The summed E-state index contributed by atoms with van der Waals surface area (Å²) in [6, 6.07) is 21.3. The average Bonchev–Trinajstić information content (AvgIpc) is 3.33. The number of aliphatic hydroxyl groups excluding tert-OH is 12. The fraction of sp³-hybridized carbons (Fsp3) is 0.349. The predicted octanol–water partition coefficient (Wildman–Crippen LogP) is -3.04. The Bertz CT molecular complexity index is 2020. The average molecular weight is 955 g/mol. The lowest BCUT2D eigenvalue weighted by atomic mass is 10.0. The summed E-state index contributed by atoms with van der Waals surface area (Å²) in [7, 11) is 0. The van der Waals surface area contributed by atoms with E-state index in [-0.39, 0.29) is 45.3 Å². The molecule has 24 heteroatoms. The third-order valence-electron chi connectivity index (χ3n) is 8.61. The number of phenolic OH excluding ortho intramolecular Hbond substituents is 3. The zero-order valence-corrected chi connectivity index (χ0v) is 35.1. The summed E-state index contributed by atoms with van der Waals surface area (Å²) in [4.78, 5) is 47.7. The minimum absolute atomic E-state index is 0.0521. The second-order valence-electron chi connectivity index (χ2n) is 13.6. The van der Waals surface area contributed by atoms with Crippen LogP contribution in [-0.4, -0.2) is 205 Å². The van der Waals surface area contributed by atoms with Crippen LogP contribution in [0.3, 0.4) is 0 Å². The Labute approximate surface area is 380 Å². The van der Waals surface area contributed by atoms with E-state index in [1.165, 1.54) is 84.9 Å². The van der Waals surface area contributed by atoms with E-state index in [1.54, 1.807) is 12.1 Å². The van der Waals surface area contributed by atoms with E-state index in [0.29, 0.717) is 0 Å². The number of benzene rings is 4. The number of aromatic hydroxyl groups is 4. The number of carbonyl (C=O) groups is 4. The maximum Gasteiger partial charge on any atom is 0.339 e. The number of aromatic carboxylic acids is 1. The minimum atomic E-state index is -1.67. The van der Waals surface area contributed by atoms with Gasteiger partial charge >= 0.3 is 23.9 Å². The molecule has 0 aromatic heterocycles. The summed E-state index contributed by atoms with van der Waals surface area (Å²) in [5.41, 5.74) is 0.153. The summed E-state index contributed by atoms with van der Waals surface area (Å²) >= 11 is 0. The molecule has 17 N–H and O–H groups in total. The Morgan fingerprint density at radius 2 is 0.746 bits per heavy atom. The summed E-state index contributed by atoms with van der Waals surface area (Å²) in [6.45, 7) is -4.07. The molecule has 0 aliphatic carbocycles. The maximum atomic E-state index is 12.6. The van der Waals surface area contributed by atoms with Gasteiger partial charge in [-0.25, -0.2) is 19.2 Å². The van der Waals surface area contributed by atoms with E-state index < -0.39 is 118 Å². The molecule has 0 radical (unpaired) electrons.